The Morgan fingerprint density at radius 2 is 1.93 bits per heavy atom. The topological polar surface area (TPSA) is 61.0 Å². The number of anilines is 2. The van der Waals surface area contributed by atoms with Gasteiger partial charge in [0.15, 0.2) is 0 Å². The van der Waals surface area contributed by atoms with Gasteiger partial charge in [-0.05, 0) is 43.5 Å². The third kappa shape index (κ3) is 3.26. The van der Waals surface area contributed by atoms with Crippen molar-refractivity contribution in [1.82, 2.24) is 9.97 Å². The molecule has 28 heavy (non-hydrogen) atoms. The predicted molar refractivity (Wildman–Crippen MR) is 115 cm³/mol. The molecule has 4 rings (SSSR count). The fourth-order valence-corrected chi connectivity index (χ4v) is 3.94. The first-order chi connectivity index (χ1) is 13.5. The average molecular weight is 377 g/mol. The summed E-state index contributed by atoms with van der Waals surface area (Å²) in [6, 6.07) is 14.4. The molecule has 0 fully saturated rings. The normalized spacial score (nSPS) is 15.2. The summed E-state index contributed by atoms with van der Waals surface area (Å²) in [6.45, 7) is 7.71. The number of nitrogens with zero attached hydrogens (tertiary/aromatic N) is 2. The van der Waals surface area contributed by atoms with Crippen molar-refractivity contribution in [2.45, 2.75) is 52.0 Å². The molecule has 0 bridgehead atoms. The van der Waals surface area contributed by atoms with Gasteiger partial charge >= 0.3 is 0 Å². The van der Waals surface area contributed by atoms with E-state index in [2.05, 4.69) is 41.5 Å². The van der Waals surface area contributed by atoms with Crippen LogP contribution < -0.4 is 10.2 Å². The van der Waals surface area contributed by atoms with Crippen LogP contribution in [0.25, 0.3) is 11.0 Å². The summed E-state index contributed by atoms with van der Waals surface area (Å²) in [5.74, 6) is 0.942. The summed E-state index contributed by atoms with van der Waals surface area (Å²) in [7, 11) is 0. The molecule has 0 aliphatic carbocycles. The van der Waals surface area contributed by atoms with Gasteiger partial charge in [0, 0.05) is 13.1 Å². The summed E-state index contributed by atoms with van der Waals surface area (Å²) < 4.78 is 0. The molecule has 2 aromatic carbocycles. The Bertz CT molecular complexity index is 991. The van der Waals surface area contributed by atoms with E-state index in [0.29, 0.717) is 6.54 Å². The van der Waals surface area contributed by atoms with Crippen molar-refractivity contribution in [3.8, 4) is 0 Å². The number of carbonyl (C=O) groups is 1. The molecule has 0 spiro atoms. The molecular formula is C23H28N4O. The lowest BCUT2D eigenvalue weighted by molar-refractivity contribution is -0.122. The van der Waals surface area contributed by atoms with E-state index in [1.807, 2.05) is 36.9 Å². The molecule has 146 valence electrons. The van der Waals surface area contributed by atoms with Gasteiger partial charge in [0.2, 0.25) is 11.9 Å². The van der Waals surface area contributed by atoms with Crippen LogP contribution in [0.5, 0.6) is 0 Å². The first kappa shape index (κ1) is 18.5. The maximum Gasteiger partial charge on any atom is 0.237 e. The Morgan fingerprint density at radius 3 is 2.68 bits per heavy atom. The van der Waals surface area contributed by atoms with Gasteiger partial charge in [-0.2, -0.15) is 0 Å². The van der Waals surface area contributed by atoms with Crippen molar-refractivity contribution in [2.24, 2.45) is 0 Å². The van der Waals surface area contributed by atoms with Gasteiger partial charge in [-0.1, -0.05) is 50.1 Å². The zero-order chi connectivity index (χ0) is 19.7. The maximum absolute atomic E-state index is 13.0. The van der Waals surface area contributed by atoms with Crippen molar-refractivity contribution in [3.63, 3.8) is 0 Å². The Hall–Kier alpha value is -2.82. The standard InChI is InChI=1S/C23H28N4O/c1-4-5-9-12-27-20-14-19-18(13-17(20)23(2,3)21(27)28)25-22(26-19)24-15-16-10-7-6-8-11-16/h6-8,10-11,13-14H,4-5,9,12,15H2,1-3H3,(H2,24,25,26). The summed E-state index contributed by atoms with van der Waals surface area (Å²) in [5, 5.41) is 3.36. The third-order valence-corrected chi connectivity index (χ3v) is 5.63. The minimum atomic E-state index is -0.502. The number of H-pyrrole nitrogens is 1. The van der Waals surface area contributed by atoms with E-state index in [4.69, 9.17) is 4.98 Å². The fourth-order valence-electron chi connectivity index (χ4n) is 3.94. The highest BCUT2D eigenvalue weighted by Crippen LogP contribution is 2.43. The predicted octanol–water partition coefficient (Wildman–Crippen LogP) is 4.99. The highest BCUT2D eigenvalue weighted by atomic mass is 16.2. The summed E-state index contributed by atoms with van der Waals surface area (Å²) in [4.78, 5) is 23.0. The second kappa shape index (κ2) is 7.30. The van der Waals surface area contributed by atoms with Gasteiger partial charge in [-0.25, -0.2) is 4.98 Å². The van der Waals surface area contributed by atoms with Gasteiger partial charge in [0.05, 0.1) is 22.1 Å². The number of aromatic nitrogens is 2. The number of aromatic amines is 1. The summed E-state index contributed by atoms with van der Waals surface area (Å²) in [6.07, 6.45) is 3.31. The van der Waals surface area contributed by atoms with E-state index in [1.165, 1.54) is 5.56 Å². The molecular weight excluding hydrogens is 348 g/mol. The van der Waals surface area contributed by atoms with E-state index < -0.39 is 5.41 Å². The van der Waals surface area contributed by atoms with Crippen molar-refractivity contribution in [3.05, 3.63) is 53.6 Å². The number of carbonyl (C=O) groups excluding carboxylic acids is 1. The number of hydrogen-bond donors (Lipinski definition) is 2. The smallest absolute Gasteiger partial charge is 0.237 e. The monoisotopic (exact) mass is 376 g/mol. The lowest BCUT2D eigenvalue weighted by Gasteiger charge is -2.20. The molecule has 0 saturated carbocycles. The van der Waals surface area contributed by atoms with Crippen LogP contribution >= 0.6 is 0 Å². The Morgan fingerprint density at radius 1 is 1.14 bits per heavy atom. The average Bonchev–Trinajstić information content (AvgIpc) is 3.18. The number of nitrogens with one attached hydrogen (secondary N) is 2. The fraction of sp³-hybridized carbons (Fsp3) is 0.391. The minimum Gasteiger partial charge on any atom is -0.352 e. The molecule has 1 aliphatic rings. The first-order valence-corrected chi connectivity index (χ1v) is 10.1. The van der Waals surface area contributed by atoms with Crippen LogP contribution in [0.4, 0.5) is 11.6 Å². The van der Waals surface area contributed by atoms with Gasteiger partial charge in [-0.3, -0.25) is 4.79 Å². The highest BCUT2D eigenvalue weighted by Gasteiger charge is 2.43. The van der Waals surface area contributed by atoms with E-state index in [1.54, 1.807) is 0 Å². The molecule has 5 heteroatoms. The van der Waals surface area contributed by atoms with Crippen LogP contribution in [0, 0.1) is 0 Å². The number of unbranched alkanes of at least 4 members (excludes halogenated alkanes) is 2. The van der Waals surface area contributed by atoms with Gasteiger partial charge in [-0.15, -0.1) is 0 Å². The molecule has 3 aromatic rings. The molecule has 0 atom stereocenters. The van der Waals surface area contributed by atoms with Crippen molar-refractivity contribution in [2.75, 3.05) is 16.8 Å². The lowest BCUT2D eigenvalue weighted by atomic mass is 9.86. The minimum absolute atomic E-state index is 0.189. The maximum atomic E-state index is 13.0. The molecule has 1 aliphatic heterocycles. The van der Waals surface area contributed by atoms with Gasteiger partial charge in [0.1, 0.15) is 0 Å². The zero-order valence-electron chi connectivity index (χ0n) is 16.9. The second-order valence-corrected chi connectivity index (χ2v) is 8.10. The lowest BCUT2D eigenvalue weighted by Crippen LogP contribution is -2.36. The first-order valence-electron chi connectivity index (χ1n) is 10.1. The van der Waals surface area contributed by atoms with E-state index >= 15 is 0 Å². The number of benzene rings is 2. The summed E-state index contributed by atoms with van der Waals surface area (Å²) in [5.41, 5.74) is 4.66. The van der Waals surface area contributed by atoms with Crippen LogP contribution in [-0.2, 0) is 16.8 Å². The quantitative estimate of drug-likeness (QED) is 0.571. The van der Waals surface area contributed by atoms with Crippen LogP contribution in [-0.4, -0.2) is 22.4 Å². The molecule has 0 radical (unpaired) electrons. The zero-order valence-corrected chi connectivity index (χ0v) is 16.9. The Kier molecular flexibility index (Phi) is 4.84. The molecule has 2 N–H and O–H groups in total. The van der Waals surface area contributed by atoms with Gasteiger partial charge in [0.25, 0.3) is 0 Å². The number of imidazole rings is 1. The molecule has 1 amide bonds. The number of hydrogen-bond acceptors (Lipinski definition) is 3. The van der Waals surface area contributed by atoms with Crippen LogP contribution in [0.2, 0.25) is 0 Å². The molecule has 0 unspecified atom stereocenters. The van der Waals surface area contributed by atoms with Gasteiger partial charge < -0.3 is 15.2 Å². The number of amides is 1. The number of fused-ring (bicyclic) bond motifs is 2. The highest BCUT2D eigenvalue weighted by molar-refractivity contribution is 6.09. The van der Waals surface area contributed by atoms with Crippen molar-refractivity contribution in [1.29, 1.82) is 0 Å². The molecule has 5 nitrogen and oxygen atoms in total. The van der Waals surface area contributed by atoms with Crippen LogP contribution in [0.15, 0.2) is 42.5 Å². The van der Waals surface area contributed by atoms with E-state index in [9.17, 15) is 4.79 Å². The van der Waals surface area contributed by atoms with E-state index in [-0.39, 0.29) is 5.91 Å². The second-order valence-electron chi connectivity index (χ2n) is 8.10. The Balaban J connectivity index is 1.62. The molecule has 0 saturated heterocycles. The number of rotatable bonds is 7. The summed E-state index contributed by atoms with van der Waals surface area (Å²) >= 11 is 0. The van der Waals surface area contributed by atoms with Crippen LogP contribution in [0.3, 0.4) is 0 Å². The third-order valence-electron chi connectivity index (χ3n) is 5.63. The van der Waals surface area contributed by atoms with Crippen LogP contribution in [0.1, 0.15) is 51.2 Å². The SMILES string of the molecule is CCCCCN1C(=O)C(C)(C)c2cc3[nH]c(NCc4ccccc4)nc3cc21. The van der Waals surface area contributed by atoms with Crippen molar-refractivity contribution >= 4 is 28.6 Å². The Labute approximate surface area is 166 Å². The van der Waals surface area contributed by atoms with E-state index in [0.717, 1.165) is 54.0 Å². The largest absolute Gasteiger partial charge is 0.352 e. The molecule has 2 heterocycles. The van der Waals surface area contributed by atoms with Crippen molar-refractivity contribution < 1.29 is 4.79 Å². The molecule has 1 aromatic heterocycles.